The molecule has 31 heavy (non-hydrogen) atoms. The molecule has 0 radical (unpaired) electrons. The van der Waals surface area contributed by atoms with Gasteiger partial charge >= 0.3 is 0 Å². The predicted octanol–water partition coefficient (Wildman–Crippen LogP) is 5.65. The van der Waals surface area contributed by atoms with E-state index < -0.39 is 6.10 Å². The minimum absolute atomic E-state index is 0.118. The van der Waals surface area contributed by atoms with Gasteiger partial charge in [-0.2, -0.15) is 0 Å². The van der Waals surface area contributed by atoms with Crippen molar-refractivity contribution in [3.05, 3.63) is 87.9 Å². The number of amides is 2. The lowest BCUT2D eigenvalue weighted by molar-refractivity contribution is -0.122. The molecule has 5 nitrogen and oxygen atoms in total. The van der Waals surface area contributed by atoms with Gasteiger partial charge in [0.15, 0.2) is 6.10 Å². The van der Waals surface area contributed by atoms with Crippen molar-refractivity contribution in [1.82, 2.24) is 0 Å². The lowest BCUT2D eigenvalue weighted by atomic mass is 10.1. The van der Waals surface area contributed by atoms with Gasteiger partial charge in [-0.25, -0.2) is 0 Å². The molecule has 160 valence electrons. The molecule has 0 saturated heterocycles. The average molecular weight is 481 g/mol. The van der Waals surface area contributed by atoms with E-state index in [1.807, 2.05) is 56.3 Å². The molecule has 0 aliphatic heterocycles. The van der Waals surface area contributed by atoms with Gasteiger partial charge < -0.3 is 15.4 Å². The Kier molecular flexibility index (Phi) is 7.47. The van der Waals surface area contributed by atoms with Crippen molar-refractivity contribution < 1.29 is 14.3 Å². The summed E-state index contributed by atoms with van der Waals surface area (Å²) in [6, 6.07) is 20.5. The lowest BCUT2D eigenvalue weighted by Gasteiger charge is -2.18. The number of aryl methyl sites for hydroxylation is 2. The first-order valence-electron chi connectivity index (χ1n) is 10.00. The van der Waals surface area contributed by atoms with Gasteiger partial charge in [0, 0.05) is 15.8 Å². The van der Waals surface area contributed by atoms with Crippen LogP contribution in [0.2, 0.25) is 0 Å². The van der Waals surface area contributed by atoms with E-state index in [1.54, 1.807) is 31.2 Å². The molecule has 0 aromatic heterocycles. The zero-order chi connectivity index (χ0) is 22.4. The van der Waals surface area contributed by atoms with E-state index >= 15 is 0 Å². The van der Waals surface area contributed by atoms with Gasteiger partial charge in [-0.05, 0) is 67.8 Å². The Hall–Kier alpha value is -3.12. The maximum absolute atomic E-state index is 12.6. The molecule has 2 amide bonds. The van der Waals surface area contributed by atoms with Gasteiger partial charge in [0.05, 0.1) is 6.42 Å². The van der Waals surface area contributed by atoms with Crippen LogP contribution in [0.1, 0.15) is 23.6 Å². The highest BCUT2D eigenvalue weighted by Crippen LogP contribution is 2.28. The van der Waals surface area contributed by atoms with Crippen LogP contribution in [0.4, 0.5) is 11.4 Å². The monoisotopic (exact) mass is 480 g/mol. The van der Waals surface area contributed by atoms with Crippen LogP contribution in [-0.4, -0.2) is 17.9 Å². The minimum atomic E-state index is -0.685. The summed E-state index contributed by atoms with van der Waals surface area (Å²) in [6.45, 7) is 5.60. The largest absolute Gasteiger partial charge is 0.480 e. The molecule has 3 aromatic rings. The maximum Gasteiger partial charge on any atom is 0.265 e. The summed E-state index contributed by atoms with van der Waals surface area (Å²) in [5.74, 6) is 0.315. The third-order valence-electron chi connectivity index (χ3n) is 4.71. The molecule has 1 unspecified atom stereocenters. The minimum Gasteiger partial charge on any atom is -0.480 e. The Morgan fingerprint density at radius 3 is 2.16 bits per heavy atom. The molecule has 0 aliphatic carbocycles. The average Bonchev–Trinajstić information content (AvgIpc) is 2.71. The summed E-state index contributed by atoms with van der Waals surface area (Å²) in [5.41, 5.74) is 4.05. The molecule has 0 saturated carbocycles. The highest BCUT2D eigenvalue weighted by atomic mass is 79.9. The van der Waals surface area contributed by atoms with E-state index in [0.29, 0.717) is 17.1 Å². The number of hydrogen-bond donors (Lipinski definition) is 2. The predicted molar refractivity (Wildman–Crippen MR) is 128 cm³/mol. The summed E-state index contributed by atoms with van der Waals surface area (Å²) >= 11 is 3.46. The van der Waals surface area contributed by atoms with Gasteiger partial charge in [-0.3, -0.25) is 9.59 Å². The molecule has 0 spiro atoms. The van der Waals surface area contributed by atoms with Gasteiger partial charge in [-0.15, -0.1) is 0 Å². The van der Waals surface area contributed by atoms with Crippen LogP contribution in [-0.2, 0) is 16.0 Å². The first-order chi connectivity index (χ1) is 14.8. The number of rotatable bonds is 7. The number of halogens is 1. The quantitative estimate of drug-likeness (QED) is 0.458. The van der Waals surface area contributed by atoms with Crippen LogP contribution in [0.5, 0.6) is 5.75 Å². The molecular formula is C25H25BrN2O3. The fourth-order valence-electron chi connectivity index (χ4n) is 3.22. The van der Waals surface area contributed by atoms with Gasteiger partial charge in [-0.1, -0.05) is 52.3 Å². The fraction of sp³-hybridized carbons (Fsp3) is 0.200. The smallest absolute Gasteiger partial charge is 0.265 e. The summed E-state index contributed by atoms with van der Waals surface area (Å²) < 4.78 is 6.89. The second kappa shape index (κ2) is 10.3. The van der Waals surface area contributed by atoms with Crippen LogP contribution in [0, 0.1) is 13.8 Å². The number of benzene rings is 3. The van der Waals surface area contributed by atoms with Crippen molar-refractivity contribution in [1.29, 1.82) is 0 Å². The standard InChI is InChI=1S/C25H25BrN2O3/c1-16-12-20(26)13-17(2)24(16)31-18(3)25(30)28-22-11-7-10-21(15-22)27-23(29)14-19-8-5-4-6-9-19/h4-13,15,18H,14H2,1-3H3,(H,27,29)(H,28,30). The fourth-order valence-corrected chi connectivity index (χ4v) is 3.91. The third kappa shape index (κ3) is 6.43. The second-order valence-electron chi connectivity index (χ2n) is 7.41. The van der Waals surface area contributed by atoms with Crippen LogP contribution in [0.15, 0.2) is 71.2 Å². The second-order valence-corrected chi connectivity index (χ2v) is 8.33. The van der Waals surface area contributed by atoms with Crippen LogP contribution in [0.25, 0.3) is 0 Å². The Bertz CT molecular complexity index is 1060. The topological polar surface area (TPSA) is 67.4 Å². The van der Waals surface area contributed by atoms with E-state index in [2.05, 4.69) is 26.6 Å². The summed E-state index contributed by atoms with van der Waals surface area (Å²) in [5, 5.41) is 5.72. The van der Waals surface area contributed by atoms with E-state index in [0.717, 1.165) is 21.2 Å². The summed E-state index contributed by atoms with van der Waals surface area (Å²) in [6.07, 6.45) is -0.399. The number of ether oxygens (including phenoxy) is 1. The zero-order valence-electron chi connectivity index (χ0n) is 17.7. The number of hydrogen-bond acceptors (Lipinski definition) is 3. The molecule has 0 fully saturated rings. The van der Waals surface area contributed by atoms with Crippen molar-refractivity contribution in [2.45, 2.75) is 33.3 Å². The Morgan fingerprint density at radius 1 is 0.903 bits per heavy atom. The molecule has 2 N–H and O–H groups in total. The summed E-state index contributed by atoms with van der Waals surface area (Å²) in [7, 11) is 0. The van der Waals surface area contributed by atoms with E-state index in [-0.39, 0.29) is 18.2 Å². The summed E-state index contributed by atoms with van der Waals surface area (Å²) in [4.78, 5) is 24.9. The maximum atomic E-state index is 12.6. The van der Waals surface area contributed by atoms with Gasteiger partial charge in [0.25, 0.3) is 5.91 Å². The number of carbonyl (C=O) groups excluding carboxylic acids is 2. The SMILES string of the molecule is Cc1cc(Br)cc(C)c1OC(C)C(=O)Nc1cccc(NC(=O)Cc2ccccc2)c1. The Morgan fingerprint density at radius 2 is 1.52 bits per heavy atom. The van der Waals surface area contributed by atoms with Gasteiger partial charge in [0.2, 0.25) is 5.91 Å². The van der Waals surface area contributed by atoms with E-state index in [9.17, 15) is 9.59 Å². The molecule has 6 heteroatoms. The molecule has 0 aliphatic rings. The Balaban J connectivity index is 1.61. The van der Waals surface area contributed by atoms with Gasteiger partial charge in [0.1, 0.15) is 5.75 Å². The van der Waals surface area contributed by atoms with Crippen LogP contribution < -0.4 is 15.4 Å². The Labute approximate surface area is 191 Å². The molecule has 1 atom stereocenters. The van der Waals surface area contributed by atoms with Crippen molar-refractivity contribution in [3.63, 3.8) is 0 Å². The van der Waals surface area contributed by atoms with Crippen molar-refractivity contribution in [3.8, 4) is 5.75 Å². The van der Waals surface area contributed by atoms with E-state index in [1.165, 1.54) is 0 Å². The first kappa shape index (κ1) is 22.6. The van der Waals surface area contributed by atoms with Crippen molar-refractivity contribution in [2.24, 2.45) is 0 Å². The molecule has 3 rings (SSSR count). The number of nitrogens with one attached hydrogen (secondary N) is 2. The lowest BCUT2D eigenvalue weighted by Crippen LogP contribution is -2.30. The van der Waals surface area contributed by atoms with E-state index in [4.69, 9.17) is 4.74 Å². The number of anilines is 2. The number of carbonyl (C=O) groups is 2. The molecule has 0 heterocycles. The third-order valence-corrected chi connectivity index (χ3v) is 5.17. The molecule has 0 bridgehead atoms. The molecular weight excluding hydrogens is 456 g/mol. The van der Waals surface area contributed by atoms with Crippen LogP contribution >= 0.6 is 15.9 Å². The molecule has 3 aromatic carbocycles. The van der Waals surface area contributed by atoms with Crippen molar-refractivity contribution >= 4 is 39.1 Å². The van der Waals surface area contributed by atoms with Crippen molar-refractivity contribution in [2.75, 3.05) is 10.6 Å². The highest BCUT2D eigenvalue weighted by Gasteiger charge is 2.18. The highest BCUT2D eigenvalue weighted by molar-refractivity contribution is 9.10. The van der Waals surface area contributed by atoms with Crippen LogP contribution in [0.3, 0.4) is 0 Å². The first-order valence-corrected chi connectivity index (χ1v) is 10.8. The zero-order valence-corrected chi connectivity index (χ0v) is 19.3. The normalized spacial score (nSPS) is 11.5.